The second-order valence-electron chi connectivity index (χ2n) is 3.52. The fourth-order valence-corrected chi connectivity index (χ4v) is 1.48. The number of non-ortho nitro benzene ring substituents is 1. The van der Waals surface area contributed by atoms with Crippen LogP contribution in [0.5, 0.6) is 0 Å². The highest BCUT2D eigenvalue weighted by Crippen LogP contribution is 2.24. The highest BCUT2D eigenvalue weighted by Gasteiger charge is 2.09. The van der Waals surface area contributed by atoms with Crippen molar-refractivity contribution in [3.05, 3.63) is 44.5 Å². The molecule has 0 spiro atoms. The van der Waals surface area contributed by atoms with Gasteiger partial charge in [0.2, 0.25) is 0 Å². The number of nitrogens with zero attached hydrogens (tertiary/aromatic N) is 1. The summed E-state index contributed by atoms with van der Waals surface area (Å²) in [5.74, 6) is -0.958. The fraction of sp³-hybridized carbons (Fsp3) is 0.182. The van der Waals surface area contributed by atoms with Gasteiger partial charge in [0.1, 0.15) is 0 Å². The maximum atomic E-state index is 10.6. The molecule has 0 atom stereocenters. The second-order valence-corrected chi connectivity index (χ2v) is 3.93. The van der Waals surface area contributed by atoms with Crippen molar-refractivity contribution in [3.8, 4) is 0 Å². The lowest BCUT2D eigenvalue weighted by molar-refractivity contribution is -0.384. The molecule has 1 N–H and O–H groups in total. The number of rotatable bonds is 4. The third kappa shape index (κ3) is 3.88. The highest BCUT2D eigenvalue weighted by atomic mass is 35.5. The predicted octanol–water partition coefficient (Wildman–Crippen LogP) is 3.13. The Morgan fingerprint density at radius 1 is 1.59 bits per heavy atom. The number of carboxylic acids is 1. The minimum atomic E-state index is -0.958. The molecule has 0 saturated carbocycles. The van der Waals surface area contributed by atoms with Crippen molar-refractivity contribution < 1.29 is 14.8 Å². The van der Waals surface area contributed by atoms with Crippen molar-refractivity contribution in [2.45, 2.75) is 13.3 Å². The van der Waals surface area contributed by atoms with Gasteiger partial charge in [0.25, 0.3) is 5.69 Å². The van der Waals surface area contributed by atoms with Gasteiger partial charge in [-0.2, -0.15) is 0 Å². The van der Waals surface area contributed by atoms with Gasteiger partial charge >= 0.3 is 5.97 Å². The summed E-state index contributed by atoms with van der Waals surface area (Å²) in [6, 6.07) is 4.03. The topological polar surface area (TPSA) is 80.4 Å². The van der Waals surface area contributed by atoms with Crippen molar-refractivity contribution >= 4 is 29.3 Å². The molecule has 5 nitrogen and oxygen atoms in total. The van der Waals surface area contributed by atoms with E-state index in [0.717, 1.165) is 0 Å². The van der Waals surface area contributed by atoms with E-state index in [1.54, 1.807) is 6.92 Å². The van der Waals surface area contributed by atoms with Crippen molar-refractivity contribution in [1.82, 2.24) is 0 Å². The first-order valence-electron chi connectivity index (χ1n) is 4.73. The van der Waals surface area contributed by atoms with Gasteiger partial charge in [0.15, 0.2) is 0 Å². The van der Waals surface area contributed by atoms with Crippen LogP contribution in [0.2, 0.25) is 5.02 Å². The second kappa shape index (κ2) is 5.45. The van der Waals surface area contributed by atoms with Crippen LogP contribution in [0.3, 0.4) is 0 Å². The summed E-state index contributed by atoms with van der Waals surface area (Å²) in [6.07, 6.45) is 1.41. The summed E-state index contributed by atoms with van der Waals surface area (Å²) < 4.78 is 0. The van der Waals surface area contributed by atoms with Gasteiger partial charge in [-0.05, 0) is 18.6 Å². The van der Waals surface area contributed by atoms with Gasteiger partial charge < -0.3 is 5.11 Å². The maximum Gasteiger partial charge on any atom is 0.307 e. The average Bonchev–Trinajstić information content (AvgIpc) is 2.19. The fourth-order valence-electron chi connectivity index (χ4n) is 1.31. The molecule has 0 saturated heterocycles. The maximum absolute atomic E-state index is 10.6. The van der Waals surface area contributed by atoms with E-state index in [-0.39, 0.29) is 12.1 Å². The Labute approximate surface area is 102 Å². The number of carbonyl (C=O) groups is 1. The number of halogens is 1. The van der Waals surface area contributed by atoms with E-state index in [2.05, 4.69) is 0 Å². The van der Waals surface area contributed by atoms with Crippen LogP contribution in [0.15, 0.2) is 23.8 Å². The van der Waals surface area contributed by atoms with Gasteiger partial charge in [-0.25, -0.2) is 0 Å². The van der Waals surface area contributed by atoms with E-state index in [4.69, 9.17) is 16.7 Å². The molecule has 0 aliphatic rings. The molecular weight excluding hydrogens is 246 g/mol. The zero-order chi connectivity index (χ0) is 13.0. The normalized spacial score (nSPS) is 11.3. The number of carboxylic acid groups (broad SMARTS) is 1. The van der Waals surface area contributed by atoms with Gasteiger partial charge in [-0.15, -0.1) is 0 Å². The lowest BCUT2D eigenvalue weighted by atomic mass is 10.1. The minimum absolute atomic E-state index is 0.0798. The molecule has 0 aromatic heterocycles. The monoisotopic (exact) mass is 255 g/mol. The third-order valence-electron chi connectivity index (χ3n) is 2.02. The van der Waals surface area contributed by atoms with Crippen LogP contribution in [0.4, 0.5) is 5.69 Å². The molecule has 0 fully saturated rings. The van der Waals surface area contributed by atoms with Gasteiger partial charge in [0, 0.05) is 17.2 Å². The molecule has 17 heavy (non-hydrogen) atoms. The average molecular weight is 256 g/mol. The zero-order valence-corrected chi connectivity index (χ0v) is 9.77. The number of nitro groups is 1. The number of benzene rings is 1. The number of hydrogen-bond acceptors (Lipinski definition) is 3. The smallest absolute Gasteiger partial charge is 0.307 e. The Morgan fingerprint density at radius 2 is 2.24 bits per heavy atom. The lowest BCUT2D eigenvalue weighted by Gasteiger charge is -2.01. The van der Waals surface area contributed by atoms with E-state index in [1.165, 1.54) is 24.3 Å². The van der Waals surface area contributed by atoms with Gasteiger partial charge in [0.05, 0.1) is 11.3 Å². The van der Waals surface area contributed by atoms with E-state index >= 15 is 0 Å². The van der Waals surface area contributed by atoms with Crippen molar-refractivity contribution in [2.24, 2.45) is 0 Å². The van der Waals surface area contributed by atoms with Crippen LogP contribution < -0.4 is 0 Å². The van der Waals surface area contributed by atoms with E-state index < -0.39 is 10.9 Å². The standard InChI is InChI=1S/C11H10ClNO4/c1-7(5-11(14)15)4-8-6-9(13(16)17)2-3-10(8)12/h2-4,6H,5H2,1H3,(H,14,15). The van der Waals surface area contributed by atoms with E-state index in [9.17, 15) is 14.9 Å². The molecule has 1 aromatic rings. The molecule has 0 unspecified atom stereocenters. The minimum Gasteiger partial charge on any atom is -0.481 e. The van der Waals surface area contributed by atoms with Crippen LogP contribution >= 0.6 is 11.6 Å². The number of aliphatic carboxylic acids is 1. The van der Waals surface area contributed by atoms with Crippen LogP contribution in [0, 0.1) is 10.1 Å². The summed E-state index contributed by atoms with van der Waals surface area (Å²) in [6.45, 7) is 1.63. The highest BCUT2D eigenvalue weighted by molar-refractivity contribution is 6.32. The zero-order valence-electron chi connectivity index (χ0n) is 9.01. The summed E-state index contributed by atoms with van der Waals surface area (Å²) >= 11 is 5.87. The van der Waals surface area contributed by atoms with Crippen molar-refractivity contribution in [3.63, 3.8) is 0 Å². The Hall–Kier alpha value is -1.88. The van der Waals surface area contributed by atoms with Crippen LogP contribution in [0.25, 0.3) is 6.08 Å². The quantitative estimate of drug-likeness (QED) is 0.662. The van der Waals surface area contributed by atoms with Crippen molar-refractivity contribution in [2.75, 3.05) is 0 Å². The molecule has 0 radical (unpaired) electrons. The van der Waals surface area contributed by atoms with Crippen LogP contribution in [0.1, 0.15) is 18.9 Å². The summed E-state index contributed by atoms with van der Waals surface area (Å²) in [4.78, 5) is 20.5. The Kier molecular flexibility index (Phi) is 4.23. The summed E-state index contributed by atoms with van der Waals surface area (Å²) in [7, 11) is 0. The predicted molar refractivity (Wildman–Crippen MR) is 64.0 cm³/mol. The number of hydrogen-bond donors (Lipinski definition) is 1. The first-order chi connectivity index (χ1) is 7.90. The summed E-state index contributed by atoms with van der Waals surface area (Å²) in [5, 5.41) is 19.5. The number of nitro benzene ring substituents is 1. The molecule has 1 rings (SSSR count). The molecule has 0 heterocycles. The Balaban J connectivity index is 3.08. The molecule has 0 aliphatic heterocycles. The van der Waals surface area contributed by atoms with Crippen LogP contribution in [-0.2, 0) is 4.79 Å². The Bertz CT molecular complexity index is 496. The molecule has 0 bridgehead atoms. The molecule has 90 valence electrons. The first-order valence-corrected chi connectivity index (χ1v) is 5.11. The Morgan fingerprint density at radius 3 is 2.76 bits per heavy atom. The van der Waals surface area contributed by atoms with Gasteiger partial charge in [-0.1, -0.05) is 23.3 Å². The molecule has 1 aromatic carbocycles. The molecule has 0 aliphatic carbocycles. The largest absolute Gasteiger partial charge is 0.481 e. The first kappa shape index (κ1) is 13.2. The molecular formula is C11H10ClNO4. The third-order valence-corrected chi connectivity index (χ3v) is 2.37. The van der Waals surface area contributed by atoms with E-state index in [0.29, 0.717) is 16.2 Å². The SMILES string of the molecule is CC(=Cc1cc([N+](=O)[O-])ccc1Cl)CC(=O)O. The molecule has 0 amide bonds. The summed E-state index contributed by atoms with van der Waals surface area (Å²) in [5.41, 5.74) is 0.934. The van der Waals surface area contributed by atoms with E-state index in [1.807, 2.05) is 0 Å². The lowest BCUT2D eigenvalue weighted by Crippen LogP contribution is -1.95. The van der Waals surface area contributed by atoms with Gasteiger partial charge in [-0.3, -0.25) is 14.9 Å². The van der Waals surface area contributed by atoms with Crippen LogP contribution in [-0.4, -0.2) is 16.0 Å². The van der Waals surface area contributed by atoms with Crippen molar-refractivity contribution in [1.29, 1.82) is 0 Å². The molecule has 6 heteroatoms.